The van der Waals surface area contributed by atoms with E-state index >= 15 is 0 Å². The zero-order chi connectivity index (χ0) is 13.9. The van der Waals surface area contributed by atoms with Crippen molar-refractivity contribution in [3.05, 3.63) is 0 Å². The normalized spacial score (nSPS) is 21.5. The molecule has 0 aromatic rings. The molecule has 0 heterocycles. The maximum absolute atomic E-state index is 10.4. The van der Waals surface area contributed by atoms with Crippen molar-refractivity contribution >= 4 is 5.97 Å². The van der Waals surface area contributed by atoms with Crippen molar-refractivity contribution in [3.63, 3.8) is 0 Å². The minimum absolute atomic E-state index is 0.353. The van der Waals surface area contributed by atoms with Crippen LogP contribution in [0.2, 0.25) is 0 Å². The molecule has 2 heteroatoms. The number of carbonyl (C=O) groups is 1. The van der Waals surface area contributed by atoms with Gasteiger partial charge >= 0.3 is 5.97 Å². The summed E-state index contributed by atoms with van der Waals surface area (Å²) in [4.78, 5) is 10.4. The van der Waals surface area contributed by atoms with Crippen molar-refractivity contribution in [1.29, 1.82) is 0 Å². The van der Waals surface area contributed by atoms with Crippen LogP contribution in [0.4, 0.5) is 0 Å². The monoisotopic (exact) mass is 268 g/mol. The van der Waals surface area contributed by atoms with Crippen LogP contribution in [0.5, 0.6) is 0 Å². The Balaban J connectivity index is 1.80. The Hall–Kier alpha value is -0.530. The fraction of sp³-hybridized carbons (Fsp3) is 0.941. The van der Waals surface area contributed by atoms with Crippen LogP contribution in [0.3, 0.4) is 0 Å². The predicted octanol–water partition coefficient (Wildman–Crippen LogP) is 5.41. The molecule has 1 saturated carbocycles. The molecule has 1 aliphatic carbocycles. The SMILES string of the molecule is CCCCCCCCC1CC1CCCCCC(=O)O. The Morgan fingerprint density at radius 2 is 1.42 bits per heavy atom. The highest BCUT2D eigenvalue weighted by atomic mass is 16.4. The Morgan fingerprint density at radius 1 is 0.895 bits per heavy atom. The maximum atomic E-state index is 10.4. The van der Waals surface area contributed by atoms with Crippen LogP contribution in [0, 0.1) is 11.8 Å². The van der Waals surface area contributed by atoms with Gasteiger partial charge in [-0.2, -0.15) is 0 Å². The average Bonchev–Trinajstić information content (AvgIpc) is 3.11. The third-order valence-corrected chi connectivity index (χ3v) is 4.46. The zero-order valence-electron chi connectivity index (χ0n) is 12.7. The van der Waals surface area contributed by atoms with Crippen molar-refractivity contribution in [2.45, 2.75) is 90.4 Å². The average molecular weight is 268 g/mol. The molecule has 0 spiro atoms. The van der Waals surface area contributed by atoms with Gasteiger partial charge in [0.1, 0.15) is 0 Å². The van der Waals surface area contributed by atoms with E-state index < -0.39 is 5.97 Å². The van der Waals surface area contributed by atoms with Crippen LogP contribution in [-0.4, -0.2) is 11.1 Å². The van der Waals surface area contributed by atoms with Crippen LogP contribution >= 0.6 is 0 Å². The lowest BCUT2D eigenvalue weighted by Gasteiger charge is -2.02. The predicted molar refractivity (Wildman–Crippen MR) is 80.3 cm³/mol. The first-order valence-electron chi connectivity index (χ1n) is 8.45. The van der Waals surface area contributed by atoms with Gasteiger partial charge in [-0.05, 0) is 24.7 Å². The Kier molecular flexibility index (Phi) is 8.94. The van der Waals surface area contributed by atoms with Crippen LogP contribution in [0.15, 0.2) is 0 Å². The molecule has 1 fully saturated rings. The van der Waals surface area contributed by atoms with E-state index in [-0.39, 0.29) is 0 Å². The molecule has 0 aromatic heterocycles. The number of carboxylic acids is 1. The van der Waals surface area contributed by atoms with Gasteiger partial charge in [0.2, 0.25) is 0 Å². The Bertz CT molecular complexity index is 237. The van der Waals surface area contributed by atoms with E-state index in [4.69, 9.17) is 5.11 Å². The summed E-state index contributed by atoms with van der Waals surface area (Å²) in [6.07, 6.45) is 16.3. The fourth-order valence-electron chi connectivity index (χ4n) is 3.06. The second-order valence-corrected chi connectivity index (χ2v) is 6.31. The lowest BCUT2D eigenvalue weighted by atomic mass is 10.0. The van der Waals surface area contributed by atoms with E-state index in [0.717, 1.165) is 24.7 Å². The number of hydrogen-bond acceptors (Lipinski definition) is 1. The highest BCUT2D eigenvalue weighted by Crippen LogP contribution is 2.45. The summed E-state index contributed by atoms with van der Waals surface area (Å²) in [5, 5.41) is 8.55. The van der Waals surface area contributed by atoms with E-state index in [1.165, 1.54) is 64.2 Å². The van der Waals surface area contributed by atoms with Gasteiger partial charge in [-0.15, -0.1) is 0 Å². The molecule has 0 radical (unpaired) electrons. The molecule has 0 amide bonds. The third kappa shape index (κ3) is 9.07. The largest absolute Gasteiger partial charge is 0.481 e. The molecular formula is C17H32O2. The summed E-state index contributed by atoms with van der Waals surface area (Å²) >= 11 is 0. The summed E-state index contributed by atoms with van der Waals surface area (Å²) < 4.78 is 0. The van der Waals surface area contributed by atoms with E-state index in [1.807, 2.05) is 0 Å². The van der Waals surface area contributed by atoms with E-state index in [9.17, 15) is 4.79 Å². The van der Waals surface area contributed by atoms with Gasteiger partial charge in [0.25, 0.3) is 0 Å². The van der Waals surface area contributed by atoms with Crippen LogP contribution < -0.4 is 0 Å². The van der Waals surface area contributed by atoms with Crippen molar-refractivity contribution < 1.29 is 9.90 Å². The first-order valence-corrected chi connectivity index (χ1v) is 8.45. The number of rotatable bonds is 13. The van der Waals surface area contributed by atoms with E-state index in [1.54, 1.807) is 0 Å². The van der Waals surface area contributed by atoms with Crippen LogP contribution in [0.1, 0.15) is 90.4 Å². The fourth-order valence-corrected chi connectivity index (χ4v) is 3.06. The van der Waals surface area contributed by atoms with Gasteiger partial charge in [-0.25, -0.2) is 0 Å². The lowest BCUT2D eigenvalue weighted by molar-refractivity contribution is -0.137. The second-order valence-electron chi connectivity index (χ2n) is 6.31. The minimum atomic E-state index is -0.646. The molecule has 2 unspecified atom stereocenters. The summed E-state index contributed by atoms with van der Waals surface area (Å²) in [5.41, 5.74) is 0. The van der Waals surface area contributed by atoms with Crippen LogP contribution in [0.25, 0.3) is 0 Å². The molecule has 1 N–H and O–H groups in total. The standard InChI is InChI=1S/C17H32O2/c1-2-3-4-5-6-8-11-15-14-16(15)12-9-7-10-13-17(18)19/h15-16H,2-14H2,1H3,(H,18,19). The van der Waals surface area contributed by atoms with Crippen LogP contribution in [-0.2, 0) is 4.79 Å². The van der Waals surface area contributed by atoms with Gasteiger partial charge in [0.05, 0.1) is 0 Å². The molecule has 19 heavy (non-hydrogen) atoms. The van der Waals surface area contributed by atoms with E-state index in [0.29, 0.717) is 6.42 Å². The molecule has 0 bridgehead atoms. The topological polar surface area (TPSA) is 37.3 Å². The molecule has 0 saturated heterocycles. The first-order chi connectivity index (χ1) is 9.24. The van der Waals surface area contributed by atoms with Gasteiger partial charge in [0.15, 0.2) is 0 Å². The Labute approximate surface area is 119 Å². The smallest absolute Gasteiger partial charge is 0.303 e. The summed E-state index contributed by atoms with van der Waals surface area (Å²) in [6.45, 7) is 2.27. The zero-order valence-corrected chi connectivity index (χ0v) is 12.7. The second kappa shape index (κ2) is 10.3. The molecule has 1 aliphatic rings. The highest BCUT2D eigenvalue weighted by Gasteiger charge is 2.34. The molecule has 0 aromatic carbocycles. The van der Waals surface area contributed by atoms with Gasteiger partial charge < -0.3 is 5.11 Å². The number of unbranched alkanes of at least 4 members (excludes halogenated alkanes) is 7. The Morgan fingerprint density at radius 3 is 2.00 bits per heavy atom. The van der Waals surface area contributed by atoms with Gasteiger partial charge in [0, 0.05) is 6.42 Å². The van der Waals surface area contributed by atoms with E-state index in [2.05, 4.69) is 6.92 Å². The number of aliphatic carboxylic acids is 1. The molecule has 2 atom stereocenters. The maximum Gasteiger partial charge on any atom is 0.303 e. The number of hydrogen-bond donors (Lipinski definition) is 1. The molecule has 0 aliphatic heterocycles. The van der Waals surface area contributed by atoms with Crippen molar-refractivity contribution in [2.24, 2.45) is 11.8 Å². The summed E-state index contributed by atoms with van der Waals surface area (Å²) in [5.74, 6) is 1.36. The quantitative estimate of drug-likeness (QED) is 0.453. The summed E-state index contributed by atoms with van der Waals surface area (Å²) in [6, 6.07) is 0. The summed E-state index contributed by atoms with van der Waals surface area (Å²) in [7, 11) is 0. The minimum Gasteiger partial charge on any atom is -0.481 e. The van der Waals surface area contributed by atoms with Gasteiger partial charge in [-0.3, -0.25) is 4.79 Å². The molecule has 112 valence electrons. The molecule has 2 nitrogen and oxygen atoms in total. The third-order valence-electron chi connectivity index (χ3n) is 4.46. The molecule has 1 rings (SSSR count). The van der Waals surface area contributed by atoms with Crippen molar-refractivity contribution in [1.82, 2.24) is 0 Å². The first kappa shape index (κ1) is 16.5. The van der Waals surface area contributed by atoms with Crippen molar-refractivity contribution in [2.75, 3.05) is 0 Å². The molecular weight excluding hydrogens is 236 g/mol. The number of carboxylic acid groups (broad SMARTS) is 1. The lowest BCUT2D eigenvalue weighted by Crippen LogP contribution is -1.93. The van der Waals surface area contributed by atoms with Crippen molar-refractivity contribution in [3.8, 4) is 0 Å². The van der Waals surface area contributed by atoms with Gasteiger partial charge in [-0.1, -0.05) is 71.1 Å². The highest BCUT2D eigenvalue weighted by molar-refractivity contribution is 5.66.